The molecule has 1 amide bonds. The first kappa shape index (κ1) is 17.6. The van der Waals surface area contributed by atoms with Gasteiger partial charge in [0.25, 0.3) is 5.91 Å². The Morgan fingerprint density at radius 2 is 1.84 bits per heavy atom. The van der Waals surface area contributed by atoms with Crippen LogP contribution in [-0.4, -0.2) is 29.9 Å². The number of aryl methyl sites for hydroxylation is 2. The quantitative estimate of drug-likeness (QED) is 0.920. The van der Waals surface area contributed by atoms with E-state index in [1.807, 2.05) is 45.0 Å². The molecule has 0 spiro atoms. The molecule has 132 valence electrons. The molecule has 25 heavy (non-hydrogen) atoms. The van der Waals surface area contributed by atoms with Crippen molar-refractivity contribution >= 4 is 5.91 Å². The van der Waals surface area contributed by atoms with Crippen LogP contribution >= 0.6 is 0 Å². The van der Waals surface area contributed by atoms with Gasteiger partial charge in [-0.3, -0.25) is 4.79 Å². The summed E-state index contributed by atoms with van der Waals surface area (Å²) in [5, 5.41) is 0. The van der Waals surface area contributed by atoms with E-state index in [0.29, 0.717) is 19.0 Å². The fourth-order valence-electron chi connectivity index (χ4n) is 3.54. The SMILES string of the molecule is Cc1ccc(-c2ccc(C(=O)N3CC(CN)CC3C)c(F)c2)cc1C. The van der Waals surface area contributed by atoms with Crippen molar-refractivity contribution in [2.24, 2.45) is 11.7 Å². The molecular weight excluding hydrogens is 315 g/mol. The van der Waals surface area contributed by atoms with Gasteiger partial charge in [-0.1, -0.05) is 24.3 Å². The largest absolute Gasteiger partial charge is 0.336 e. The Morgan fingerprint density at radius 1 is 1.16 bits per heavy atom. The fraction of sp³-hybridized carbons (Fsp3) is 0.381. The molecule has 2 aromatic rings. The highest BCUT2D eigenvalue weighted by molar-refractivity contribution is 5.95. The van der Waals surface area contributed by atoms with Gasteiger partial charge in [-0.15, -0.1) is 0 Å². The van der Waals surface area contributed by atoms with Crippen molar-refractivity contribution in [2.45, 2.75) is 33.2 Å². The number of nitrogens with zero attached hydrogens (tertiary/aromatic N) is 1. The number of carbonyl (C=O) groups is 1. The van der Waals surface area contributed by atoms with E-state index in [1.165, 1.54) is 11.6 Å². The average Bonchev–Trinajstić information content (AvgIpc) is 2.97. The topological polar surface area (TPSA) is 46.3 Å². The molecule has 1 fully saturated rings. The van der Waals surface area contributed by atoms with Crippen molar-refractivity contribution in [1.29, 1.82) is 0 Å². The number of amides is 1. The van der Waals surface area contributed by atoms with Gasteiger partial charge in [0.15, 0.2) is 0 Å². The molecule has 2 unspecified atom stereocenters. The van der Waals surface area contributed by atoms with Gasteiger partial charge in [0, 0.05) is 12.6 Å². The molecule has 0 radical (unpaired) electrons. The Bertz CT molecular complexity index is 802. The highest BCUT2D eigenvalue weighted by atomic mass is 19.1. The molecule has 1 saturated heterocycles. The van der Waals surface area contributed by atoms with E-state index < -0.39 is 5.82 Å². The van der Waals surface area contributed by atoms with Gasteiger partial charge >= 0.3 is 0 Å². The maximum Gasteiger partial charge on any atom is 0.257 e. The van der Waals surface area contributed by atoms with Crippen LogP contribution < -0.4 is 5.73 Å². The molecule has 4 heteroatoms. The monoisotopic (exact) mass is 340 g/mol. The second kappa shape index (κ2) is 6.96. The van der Waals surface area contributed by atoms with Crippen molar-refractivity contribution in [3.63, 3.8) is 0 Å². The summed E-state index contributed by atoms with van der Waals surface area (Å²) in [6, 6.07) is 11.0. The van der Waals surface area contributed by atoms with Crippen LogP contribution in [0.4, 0.5) is 4.39 Å². The number of hydrogen-bond donors (Lipinski definition) is 1. The van der Waals surface area contributed by atoms with E-state index >= 15 is 0 Å². The molecule has 2 aromatic carbocycles. The van der Waals surface area contributed by atoms with Crippen LogP contribution in [-0.2, 0) is 0 Å². The van der Waals surface area contributed by atoms with E-state index in [0.717, 1.165) is 23.1 Å². The van der Waals surface area contributed by atoms with Gasteiger partial charge in [-0.2, -0.15) is 0 Å². The molecule has 1 aliphatic heterocycles. The predicted octanol–water partition coefficient (Wildman–Crippen LogP) is 3.92. The standard InChI is InChI=1S/C21H25FN2O/c1-13-4-5-17(8-14(13)2)18-6-7-19(20(22)10-18)21(25)24-12-16(11-23)9-15(24)3/h4-8,10,15-16H,9,11-12,23H2,1-3H3. The van der Waals surface area contributed by atoms with Crippen molar-refractivity contribution in [3.05, 3.63) is 58.9 Å². The number of likely N-dealkylation sites (tertiary alicyclic amines) is 1. The average molecular weight is 340 g/mol. The molecule has 1 heterocycles. The van der Waals surface area contributed by atoms with Crippen LogP contribution in [0.25, 0.3) is 11.1 Å². The van der Waals surface area contributed by atoms with Crippen molar-refractivity contribution < 1.29 is 9.18 Å². The van der Waals surface area contributed by atoms with Crippen molar-refractivity contribution in [1.82, 2.24) is 4.90 Å². The van der Waals surface area contributed by atoms with Crippen LogP contribution in [0.3, 0.4) is 0 Å². The van der Waals surface area contributed by atoms with E-state index in [1.54, 1.807) is 11.0 Å². The second-order valence-corrected chi connectivity index (χ2v) is 7.14. The summed E-state index contributed by atoms with van der Waals surface area (Å²) < 4.78 is 14.7. The first-order valence-electron chi connectivity index (χ1n) is 8.79. The molecular formula is C21H25FN2O. The maximum absolute atomic E-state index is 14.7. The lowest BCUT2D eigenvalue weighted by molar-refractivity contribution is 0.0739. The molecule has 2 atom stereocenters. The molecule has 3 nitrogen and oxygen atoms in total. The van der Waals surface area contributed by atoms with Crippen molar-refractivity contribution in [3.8, 4) is 11.1 Å². The molecule has 1 aliphatic rings. The van der Waals surface area contributed by atoms with E-state index in [4.69, 9.17) is 5.73 Å². The highest BCUT2D eigenvalue weighted by Crippen LogP contribution is 2.28. The lowest BCUT2D eigenvalue weighted by atomic mass is 9.99. The highest BCUT2D eigenvalue weighted by Gasteiger charge is 2.33. The van der Waals surface area contributed by atoms with Gasteiger partial charge in [-0.25, -0.2) is 4.39 Å². The molecule has 0 aromatic heterocycles. The van der Waals surface area contributed by atoms with E-state index in [-0.39, 0.29) is 17.5 Å². The minimum absolute atomic E-state index is 0.0971. The normalized spacial score (nSPS) is 20.1. The number of halogens is 1. The Kier molecular flexibility index (Phi) is 4.91. The molecule has 3 rings (SSSR count). The zero-order chi connectivity index (χ0) is 18.1. The van der Waals surface area contributed by atoms with Crippen LogP contribution in [0, 0.1) is 25.6 Å². The Labute approximate surface area is 148 Å². The summed E-state index contributed by atoms with van der Waals surface area (Å²) in [6.45, 7) is 7.25. The van der Waals surface area contributed by atoms with Gasteiger partial charge in [0.1, 0.15) is 5.82 Å². The smallest absolute Gasteiger partial charge is 0.257 e. The maximum atomic E-state index is 14.7. The fourth-order valence-corrected chi connectivity index (χ4v) is 3.54. The summed E-state index contributed by atoms with van der Waals surface area (Å²) in [5.41, 5.74) is 9.97. The van der Waals surface area contributed by atoms with Crippen LogP contribution in [0.1, 0.15) is 34.8 Å². The van der Waals surface area contributed by atoms with Gasteiger partial charge < -0.3 is 10.6 Å². The third kappa shape index (κ3) is 3.45. The zero-order valence-electron chi connectivity index (χ0n) is 15.1. The van der Waals surface area contributed by atoms with Gasteiger partial charge in [-0.05, 0) is 74.0 Å². The number of nitrogens with two attached hydrogens (primary N) is 1. The van der Waals surface area contributed by atoms with Crippen molar-refractivity contribution in [2.75, 3.05) is 13.1 Å². The molecule has 2 N–H and O–H groups in total. The summed E-state index contributed by atoms with van der Waals surface area (Å²) in [6.07, 6.45) is 0.880. The number of carbonyl (C=O) groups excluding carboxylic acids is 1. The van der Waals surface area contributed by atoms with Crippen LogP contribution in [0.2, 0.25) is 0 Å². The van der Waals surface area contributed by atoms with E-state index in [2.05, 4.69) is 0 Å². The second-order valence-electron chi connectivity index (χ2n) is 7.14. The van der Waals surface area contributed by atoms with Gasteiger partial charge in [0.05, 0.1) is 5.56 Å². The summed E-state index contributed by atoms with van der Waals surface area (Å²) in [7, 11) is 0. The first-order valence-corrected chi connectivity index (χ1v) is 8.79. The Hall–Kier alpha value is -2.20. The molecule has 0 aliphatic carbocycles. The summed E-state index contributed by atoms with van der Waals surface area (Å²) in [5.74, 6) is -0.409. The Balaban J connectivity index is 1.87. The summed E-state index contributed by atoms with van der Waals surface area (Å²) in [4.78, 5) is 14.5. The number of rotatable bonds is 3. The number of benzene rings is 2. The summed E-state index contributed by atoms with van der Waals surface area (Å²) >= 11 is 0. The third-order valence-corrected chi connectivity index (χ3v) is 5.30. The lowest BCUT2D eigenvalue weighted by Gasteiger charge is -2.22. The predicted molar refractivity (Wildman–Crippen MR) is 99.0 cm³/mol. The van der Waals surface area contributed by atoms with E-state index in [9.17, 15) is 9.18 Å². The zero-order valence-corrected chi connectivity index (χ0v) is 15.1. The minimum atomic E-state index is -0.468. The van der Waals surface area contributed by atoms with Crippen LogP contribution in [0.15, 0.2) is 36.4 Å². The van der Waals surface area contributed by atoms with Gasteiger partial charge in [0.2, 0.25) is 0 Å². The third-order valence-electron chi connectivity index (χ3n) is 5.30. The molecule has 0 saturated carbocycles. The minimum Gasteiger partial charge on any atom is -0.336 e. The lowest BCUT2D eigenvalue weighted by Crippen LogP contribution is -2.35. The van der Waals surface area contributed by atoms with Crippen LogP contribution in [0.5, 0.6) is 0 Å². The number of hydrogen-bond acceptors (Lipinski definition) is 2. The first-order chi connectivity index (χ1) is 11.9. The molecule has 0 bridgehead atoms. The Morgan fingerprint density at radius 3 is 2.44 bits per heavy atom.